The molecule has 2 aromatic carbocycles. The second-order valence-electron chi connectivity index (χ2n) is 6.26. The average Bonchev–Trinajstić information content (AvgIpc) is 3.27. The molecule has 140 valence electrons. The van der Waals surface area contributed by atoms with Gasteiger partial charge in [-0.25, -0.2) is 4.98 Å². The predicted octanol–water partition coefficient (Wildman–Crippen LogP) is 5.97. The molecule has 1 N–H and O–H groups in total. The first-order valence-electron chi connectivity index (χ1n) is 8.54. The first kappa shape index (κ1) is 18.3. The highest BCUT2D eigenvalue weighted by molar-refractivity contribution is 7.12. The third-order valence-electron chi connectivity index (χ3n) is 4.18. The lowest BCUT2D eigenvalue weighted by atomic mass is 10.1. The molecule has 4 aromatic rings. The van der Waals surface area contributed by atoms with E-state index < -0.39 is 0 Å². The molecule has 0 fully saturated rings. The van der Waals surface area contributed by atoms with Gasteiger partial charge in [0, 0.05) is 10.9 Å². The number of aromatic amines is 1. The fourth-order valence-electron chi connectivity index (χ4n) is 2.65. The van der Waals surface area contributed by atoms with Crippen LogP contribution in [0.3, 0.4) is 0 Å². The third kappa shape index (κ3) is 3.54. The van der Waals surface area contributed by atoms with Gasteiger partial charge in [0.25, 0.3) is 0 Å². The molecule has 6 nitrogen and oxygen atoms in total. The quantitative estimate of drug-likeness (QED) is 0.421. The van der Waals surface area contributed by atoms with Gasteiger partial charge in [0.05, 0.1) is 16.4 Å². The molecule has 8 heteroatoms. The number of nitrogens with zero attached hydrogens (tertiary/aromatic N) is 4. The Hall–Kier alpha value is -3.03. The minimum absolute atomic E-state index is 0.229. The van der Waals surface area contributed by atoms with Crippen LogP contribution < -0.4 is 5.56 Å². The number of hydrogen-bond donors (Lipinski definition) is 1. The van der Waals surface area contributed by atoms with Crippen molar-refractivity contribution in [3.8, 4) is 16.4 Å². The molecule has 2 aromatic heterocycles. The van der Waals surface area contributed by atoms with Crippen molar-refractivity contribution in [2.75, 3.05) is 0 Å². The standard InChI is InChI=1S/C20H16ClN5OS/c1-12-7-9-14(10-8-12)17-11-28-20(22-17)26-19(27)18(13(2)25-26)24-23-16-6-4-3-5-15(16)21/h3-11,25H,1-2H3. The van der Waals surface area contributed by atoms with Crippen molar-refractivity contribution in [3.63, 3.8) is 0 Å². The Bertz CT molecular complexity index is 1220. The van der Waals surface area contributed by atoms with E-state index >= 15 is 0 Å². The lowest BCUT2D eigenvalue weighted by molar-refractivity contribution is 0.827. The number of thiazole rings is 1. The Labute approximate surface area is 170 Å². The molecule has 0 saturated carbocycles. The van der Waals surface area contributed by atoms with E-state index in [1.165, 1.54) is 21.6 Å². The summed E-state index contributed by atoms with van der Waals surface area (Å²) in [7, 11) is 0. The summed E-state index contributed by atoms with van der Waals surface area (Å²) < 4.78 is 1.39. The van der Waals surface area contributed by atoms with Crippen LogP contribution in [0.15, 0.2) is 68.9 Å². The zero-order valence-corrected chi connectivity index (χ0v) is 16.8. The Morgan fingerprint density at radius 3 is 2.57 bits per heavy atom. The predicted molar refractivity (Wildman–Crippen MR) is 113 cm³/mol. The SMILES string of the molecule is Cc1ccc(-c2csc(-n3[nH]c(C)c(N=Nc4ccccc4Cl)c3=O)n2)cc1. The second-order valence-corrected chi connectivity index (χ2v) is 7.50. The molecule has 0 atom stereocenters. The molecular formula is C20H16ClN5OS. The van der Waals surface area contributed by atoms with Crippen LogP contribution in [0.25, 0.3) is 16.4 Å². The Balaban J connectivity index is 1.67. The maximum absolute atomic E-state index is 12.8. The van der Waals surface area contributed by atoms with Crippen LogP contribution >= 0.6 is 22.9 Å². The second kappa shape index (κ2) is 7.53. The van der Waals surface area contributed by atoms with Crippen LogP contribution in [0, 0.1) is 13.8 Å². The summed E-state index contributed by atoms with van der Waals surface area (Å²) in [4.78, 5) is 17.4. The lowest BCUT2D eigenvalue weighted by Crippen LogP contribution is -2.13. The van der Waals surface area contributed by atoms with E-state index in [0.717, 1.165) is 11.3 Å². The van der Waals surface area contributed by atoms with Gasteiger partial charge in [0.2, 0.25) is 5.13 Å². The van der Waals surface area contributed by atoms with Crippen molar-refractivity contribution in [1.82, 2.24) is 14.8 Å². The van der Waals surface area contributed by atoms with Crippen LogP contribution in [0.2, 0.25) is 5.02 Å². The number of benzene rings is 2. The van der Waals surface area contributed by atoms with Gasteiger partial charge >= 0.3 is 5.56 Å². The highest BCUT2D eigenvalue weighted by Gasteiger charge is 2.15. The summed E-state index contributed by atoms with van der Waals surface area (Å²) in [6, 6.07) is 15.2. The van der Waals surface area contributed by atoms with E-state index in [1.54, 1.807) is 19.1 Å². The zero-order chi connectivity index (χ0) is 19.7. The maximum atomic E-state index is 12.8. The number of azo groups is 1. The number of aryl methyl sites for hydroxylation is 2. The van der Waals surface area contributed by atoms with Crippen LogP contribution in [0.5, 0.6) is 0 Å². The number of H-pyrrole nitrogens is 1. The van der Waals surface area contributed by atoms with Crippen molar-refractivity contribution in [2.45, 2.75) is 13.8 Å². The highest BCUT2D eigenvalue weighted by Crippen LogP contribution is 2.27. The average molecular weight is 410 g/mol. The van der Waals surface area contributed by atoms with Crippen molar-refractivity contribution >= 4 is 34.3 Å². The lowest BCUT2D eigenvalue weighted by Gasteiger charge is -1.97. The number of aromatic nitrogens is 3. The van der Waals surface area contributed by atoms with E-state index in [-0.39, 0.29) is 11.2 Å². The zero-order valence-electron chi connectivity index (χ0n) is 15.2. The molecule has 0 aliphatic carbocycles. The summed E-state index contributed by atoms with van der Waals surface area (Å²) >= 11 is 7.47. The first-order valence-corrected chi connectivity index (χ1v) is 9.79. The van der Waals surface area contributed by atoms with Crippen molar-refractivity contribution in [1.29, 1.82) is 0 Å². The fraction of sp³-hybridized carbons (Fsp3) is 0.100. The molecule has 0 amide bonds. The van der Waals surface area contributed by atoms with Crippen LogP contribution in [0.4, 0.5) is 11.4 Å². The summed E-state index contributed by atoms with van der Waals surface area (Å²) in [5, 5.41) is 14.2. The van der Waals surface area contributed by atoms with Gasteiger partial charge in [-0.2, -0.15) is 4.68 Å². The monoisotopic (exact) mass is 409 g/mol. The van der Waals surface area contributed by atoms with Gasteiger partial charge in [-0.3, -0.25) is 9.89 Å². The van der Waals surface area contributed by atoms with Gasteiger partial charge < -0.3 is 0 Å². The third-order valence-corrected chi connectivity index (χ3v) is 5.33. The molecular weight excluding hydrogens is 394 g/mol. The molecule has 0 aliphatic heterocycles. The Morgan fingerprint density at radius 1 is 1.07 bits per heavy atom. The van der Waals surface area contributed by atoms with Gasteiger partial charge in [-0.15, -0.1) is 21.6 Å². The first-order chi connectivity index (χ1) is 13.5. The summed E-state index contributed by atoms with van der Waals surface area (Å²) in [5.41, 5.74) is 4.04. The minimum atomic E-state index is -0.307. The summed E-state index contributed by atoms with van der Waals surface area (Å²) in [5.74, 6) is 0. The van der Waals surface area contributed by atoms with E-state index in [1.807, 2.05) is 48.7 Å². The van der Waals surface area contributed by atoms with E-state index in [0.29, 0.717) is 21.5 Å². The highest BCUT2D eigenvalue weighted by atomic mass is 35.5. The summed E-state index contributed by atoms with van der Waals surface area (Å²) in [6.45, 7) is 3.81. The molecule has 0 bridgehead atoms. The molecule has 0 radical (unpaired) electrons. The van der Waals surface area contributed by atoms with Gasteiger partial charge in [-0.05, 0) is 26.0 Å². The molecule has 28 heavy (non-hydrogen) atoms. The van der Waals surface area contributed by atoms with Crippen LogP contribution in [0.1, 0.15) is 11.3 Å². The number of rotatable bonds is 4. The molecule has 2 heterocycles. The van der Waals surface area contributed by atoms with Gasteiger partial charge in [-0.1, -0.05) is 53.6 Å². The molecule has 0 spiro atoms. The Kier molecular flexibility index (Phi) is 4.93. The number of halogens is 1. The van der Waals surface area contributed by atoms with Gasteiger partial charge in [0.15, 0.2) is 5.69 Å². The van der Waals surface area contributed by atoms with Crippen molar-refractivity contribution in [2.24, 2.45) is 10.2 Å². The smallest absolute Gasteiger partial charge is 0.291 e. The minimum Gasteiger partial charge on any atom is -0.291 e. The molecule has 0 saturated heterocycles. The fourth-order valence-corrected chi connectivity index (χ4v) is 3.62. The topological polar surface area (TPSA) is 75.4 Å². The number of nitrogens with one attached hydrogen (secondary N) is 1. The van der Waals surface area contributed by atoms with Crippen molar-refractivity contribution < 1.29 is 0 Å². The summed E-state index contributed by atoms with van der Waals surface area (Å²) in [6.07, 6.45) is 0. The van der Waals surface area contributed by atoms with Crippen LogP contribution in [-0.4, -0.2) is 14.8 Å². The maximum Gasteiger partial charge on any atom is 0.301 e. The van der Waals surface area contributed by atoms with Crippen molar-refractivity contribution in [3.05, 3.63) is 80.5 Å². The Morgan fingerprint density at radius 2 is 1.82 bits per heavy atom. The van der Waals surface area contributed by atoms with E-state index in [2.05, 4.69) is 20.3 Å². The molecule has 4 rings (SSSR count). The van der Waals surface area contributed by atoms with Crippen LogP contribution in [-0.2, 0) is 0 Å². The van der Waals surface area contributed by atoms with E-state index in [4.69, 9.17) is 11.6 Å². The van der Waals surface area contributed by atoms with Gasteiger partial charge in [0.1, 0.15) is 5.69 Å². The number of hydrogen-bond acceptors (Lipinski definition) is 5. The molecule has 0 aliphatic rings. The normalized spacial score (nSPS) is 11.4. The largest absolute Gasteiger partial charge is 0.301 e. The molecule has 0 unspecified atom stereocenters. The van der Waals surface area contributed by atoms with E-state index in [9.17, 15) is 4.79 Å².